The Labute approximate surface area is 107 Å². The van der Waals surface area contributed by atoms with Crippen molar-refractivity contribution in [3.63, 3.8) is 0 Å². The molecule has 0 saturated carbocycles. The number of fused-ring (bicyclic) bond motifs is 1. The number of nitro groups is 1. The minimum atomic E-state index is -0.815. The largest absolute Gasteiger partial charge is 0.462 e. The number of ether oxygens (including phenoxy) is 1. The summed E-state index contributed by atoms with van der Waals surface area (Å²) in [6.45, 7) is 1.77. The Bertz CT molecular complexity index is 720. The molecule has 0 unspecified atom stereocenters. The van der Waals surface area contributed by atoms with Crippen LogP contribution in [0.1, 0.15) is 17.3 Å². The van der Waals surface area contributed by atoms with E-state index >= 15 is 0 Å². The molecule has 0 saturated heterocycles. The maximum atomic E-state index is 11.9. The third-order valence-corrected chi connectivity index (χ3v) is 2.55. The molecular weight excluding hydrogens is 252 g/mol. The van der Waals surface area contributed by atoms with Gasteiger partial charge in [0.1, 0.15) is 0 Å². The molecule has 0 aromatic carbocycles. The van der Waals surface area contributed by atoms with Crippen molar-refractivity contribution in [1.29, 1.82) is 0 Å². The highest BCUT2D eigenvalue weighted by Crippen LogP contribution is 2.16. The van der Waals surface area contributed by atoms with Crippen LogP contribution in [0.2, 0.25) is 0 Å². The lowest BCUT2D eigenvalue weighted by molar-refractivity contribution is -0.386. The van der Waals surface area contributed by atoms with Crippen LogP contribution in [0.5, 0.6) is 0 Å². The van der Waals surface area contributed by atoms with Crippen molar-refractivity contribution in [3.8, 4) is 0 Å². The molecule has 0 aliphatic heterocycles. The molecule has 0 radical (unpaired) electrons. The van der Waals surface area contributed by atoms with Gasteiger partial charge in [0.05, 0.1) is 22.6 Å². The molecule has 0 aliphatic carbocycles. The Hall–Kier alpha value is -2.70. The zero-order chi connectivity index (χ0) is 14.0. The first-order valence-electron chi connectivity index (χ1n) is 5.52. The third kappa shape index (κ3) is 2.17. The predicted octanol–water partition coefficient (Wildman–Crippen LogP) is 1.38. The van der Waals surface area contributed by atoms with E-state index in [1.54, 1.807) is 19.1 Å². The molecular formula is C12H10N2O5. The fourth-order valence-corrected chi connectivity index (χ4v) is 1.74. The lowest BCUT2D eigenvalue weighted by atomic mass is 10.2. The van der Waals surface area contributed by atoms with Gasteiger partial charge in [0.25, 0.3) is 0 Å². The summed E-state index contributed by atoms with van der Waals surface area (Å²) in [4.78, 5) is 33.7. The highest BCUT2D eigenvalue weighted by molar-refractivity contribution is 5.97. The van der Waals surface area contributed by atoms with Crippen molar-refractivity contribution in [1.82, 2.24) is 4.40 Å². The smallest absolute Gasteiger partial charge is 0.340 e. The maximum absolute atomic E-state index is 11.9. The molecule has 2 aromatic heterocycles. The monoisotopic (exact) mass is 262 g/mol. The van der Waals surface area contributed by atoms with Gasteiger partial charge >= 0.3 is 17.2 Å². The van der Waals surface area contributed by atoms with Gasteiger partial charge in [0.2, 0.25) is 0 Å². The van der Waals surface area contributed by atoms with Crippen LogP contribution in [0, 0.1) is 10.1 Å². The lowest BCUT2D eigenvalue weighted by Crippen LogP contribution is -2.20. The lowest BCUT2D eigenvalue weighted by Gasteiger charge is -2.06. The summed E-state index contributed by atoms with van der Waals surface area (Å²) >= 11 is 0. The van der Waals surface area contributed by atoms with E-state index in [1.165, 1.54) is 12.3 Å². The summed E-state index contributed by atoms with van der Waals surface area (Å²) in [5.74, 6) is -0.700. The molecule has 98 valence electrons. The molecule has 0 N–H and O–H groups in total. The summed E-state index contributed by atoms with van der Waals surface area (Å²) < 4.78 is 5.89. The third-order valence-electron chi connectivity index (χ3n) is 2.55. The SMILES string of the molecule is CCOC(=O)c1cc([N+](=O)[O-])c(=O)n2ccccc12. The van der Waals surface area contributed by atoms with Gasteiger partial charge in [-0.15, -0.1) is 0 Å². The Kier molecular flexibility index (Phi) is 3.28. The van der Waals surface area contributed by atoms with Gasteiger partial charge < -0.3 is 4.74 Å². The quantitative estimate of drug-likeness (QED) is 0.473. The molecule has 7 heteroatoms. The maximum Gasteiger partial charge on any atom is 0.340 e. The number of rotatable bonds is 3. The second-order valence-electron chi connectivity index (χ2n) is 3.68. The molecule has 0 fully saturated rings. The molecule has 0 spiro atoms. The Balaban J connectivity index is 2.82. The molecule has 0 atom stereocenters. The van der Waals surface area contributed by atoms with E-state index in [0.29, 0.717) is 0 Å². The molecule has 2 rings (SSSR count). The Morgan fingerprint density at radius 2 is 2.21 bits per heavy atom. The Morgan fingerprint density at radius 1 is 1.47 bits per heavy atom. The predicted molar refractivity (Wildman–Crippen MR) is 66.3 cm³/mol. The normalized spacial score (nSPS) is 10.4. The van der Waals surface area contributed by atoms with Crippen LogP contribution in [0.3, 0.4) is 0 Å². The van der Waals surface area contributed by atoms with E-state index < -0.39 is 22.1 Å². The number of hydrogen-bond acceptors (Lipinski definition) is 5. The van der Waals surface area contributed by atoms with Crippen LogP contribution >= 0.6 is 0 Å². The first-order chi connectivity index (χ1) is 9.06. The number of nitrogens with zero attached hydrogens (tertiary/aromatic N) is 2. The highest BCUT2D eigenvalue weighted by atomic mass is 16.6. The van der Waals surface area contributed by atoms with Crippen molar-refractivity contribution in [3.05, 3.63) is 56.5 Å². The molecule has 19 heavy (non-hydrogen) atoms. The average Bonchev–Trinajstić information content (AvgIpc) is 2.39. The molecule has 0 bridgehead atoms. The first kappa shape index (κ1) is 12.7. The topological polar surface area (TPSA) is 90.9 Å². The zero-order valence-corrected chi connectivity index (χ0v) is 10.0. The van der Waals surface area contributed by atoms with Crippen LogP contribution in [-0.4, -0.2) is 21.9 Å². The van der Waals surface area contributed by atoms with Gasteiger partial charge in [-0.25, -0.2) is 4.79 Å². The molecule has 0 amide bonds. The summed E-state index contributed by atoms with van der Waals surface area (Å²) in [6.07, 6.45) is 1.37. The number of carbonyl (C=O) groups is 1. The van der Waals surface area contributed by atoms with Gasteiger partial charge in [0.15, 0.2) is 0 Å². The number of aromatic nitrogens is 1. The standard InChI is InChI=1S/C12H10N2O5/c1-2-19-12(16)8-7-10(14(17)18)11(15)13-6-4-3-5-9(8)13/h3-7H,2H2,1H3. The van der Waals surface area contributed by atoms with E-state index in [0.717, 1.165) is 10.5 Å². The van der Waals surface area contributed by atoms with E-state index in [1.807, 2.05) is 0 Å². The van der Waals surface area contributed by atoms with Gasteiger partial charge in [-0.2, -0.15) is 0 Å². The first-order valence-corrected chi connectivity index (χ1v) is 5.52. The number of pyridine rings is 2. The van der Waals surface area contributed by atoms with Crippen LogP contribution < -0.4 is 5.56 Å². The van der Waals surface area contributed by atoms with Gasteiger partial charge in [-0.05, 0) is 19.1 Å². The molecule has 7 nitrogen and oxygen atoms in total. The molecule has 2 heterocycles. The summed E-state index contributed by atoms with van der Waals surface area (Å²) in [5, 5.41) is 10.8. The summed E-state index contributed by atoms with van der Waals surface area (Å²) in [5.41, 5.74) is -1.18. The second-order valence-corrected chi connectivity index (χ2v) is 3.68. The highest BCUT2D eigenvalue weighted by Gasteiger charge is 2.21. The van der Waals surface area contributed by atoms with Crippen molar-refractivity contribution in [2.75, 3.05) is 6.61 Å². The summed E-state index contributed by atoms with van der Waals surface area (Å²) in [7, 11) is 0. The number of hydrogen-bond donors (Lipinski definition) is 0. The van der Waals surface area contributed by atoms with Crippen LogP contribution in [0.4, 0.5) is 5.69 Å². The van der Waals surface area contributed by atoms with E-state index in [-0.39, 0.29) is 17.7 Å². The van der Waals surface area contributed by atoms with Crippen molar-refractivity contribution < 1.29 is 14.5 Å². The van der Waals surface area contributed by atoms with Gasteiger partial charge in [-0.1, -0.05) is 6.07 Å². The van der Waals surface area contributed by atoms with Crippen LogP contribution in [0.25, 0.3) is 5.52 Å². The average molecular weight is 262 g/mol. The fraction of sp³-hybridized carbons (Fsp3) is 0.167. The van der Waals surface area contributed by atoms with Crippen LogP contribution in [-0.2, 0) is 4.74 Å². The minimum absolute atomic E-state index is 0.00579. The zero-order valence-electron chi connectivity index (χ0n) is 10.0. The van der Waals surface area contributed by atoms with Crippen molar-refractivity contribution >= 4 is 17.2 Å². The van der Waals surface area contributed by atoms with Crippen molar-refractivity contribution in [2.24, 2.45) is 0 Å². The van der Waals surface area contributed by atoms with Gasteiger partial charge in [0, 0.05) is 12.3 Å². The molecule has 0 aliphatic rings. The second kappa shape index (κ2) is 4.89. The Morgan fingerprint density at radius 3 is 2.84 bits per heavy atom. The molecule has 2 aromatic rings. The van der Waals surface area contributed by atoms with Gasteiger partial charge in [-0.3, -0.25) is 19.3 Å². The number of esters is 1. The van der Waals surface area contributed by atoms with E-state index in [9.17, 15) is 19.7 Å². The fourth-order valence-electron chi connectivity index (χ4n) is 1.74. The van der Waals surface area contributed by atoms with Crippen molar-refractivity contribution in [2.45, 2.75) is 6.92 Å². The van der Waals surface area contributed by atoms with E-state index in [4.69, 9.17) is 4.74 Å². The minimum Gasteiger partial charge on any atom is -0.462 e. The summed E-state index contributed by atoms with van der Waals surface area (Å²) in [6, 6.07) is 5.66. The van der Waals surface area contributed by atoms with Crippen LogP contribution in [0.15, 0.2) is 35.3 Å². The van der Waals surface area contributed by atoms with E-state index in [2.05, 4.69) is 0 Å². The number of carbonyl (C=O) groups excluding carboxylic acids is 1.